The Morgan fingerprint density at radius 2 is 2.00 bits per heavy atom. The zero-order chi connectivity index (χ0) is 12.0. The van der Waals surface area contributed by atoms with Crippen LogP contribution in [0.5, 0.6) is 0 Å². The van der Waals surface area contributed by atoms with Gasteiger partial charge in [0.15, 0.2) is 0 Å². The molecule has 16 heavy (non-hydrogen) atoms. The Balaban J connectivity index is 2.24. The van der Waals surface area contributed by atoms with Crippen LogP contribution < -0.4 is 10.9 Å². The van der Waals surface area contributed by atoms with E-state index in [1.54, 1.807) is 12.4 Å². The van der Waals surface area contributed by atoms with E-state index in [1.807, 2.05) is 32.9 Å². The monoisotopic (exact) mass is 223 g/mol. The molecule has 1 rings (SSSR count). The Kier molecular flexibility index (Phi) is 4.25. The van der Waals surface area contributed by atoms with Gasteiger partial charge in [-0.15, -0.1) is 0 Å². The topological polar surface area (TPSA) is 63.2 Å². The molecule has 1 aromatic rings. The molecule has 5 heteroatoms. The van der Waals surface area contributed by atoms with Crippen LogP contribution in [-0.4, -0.2) is 16.7 Å². The molecule has 0 aliphatic carbocycles. The molecule has 0 unspecified atom stereocenters. The van der Waals surface area contributed by atoms with Gasteiger partial charge in [0.1, 0.15) is 5.60 Å². The zero-order valence-corrected chi connectivity index (χ0v) is 9.78. The first-order chi connectivity index (χ1) is 7.47. The molecule has 0 saturated heterocycles. The summed E-state index contributed by atoms with van der Waals surface area (Å²) in [6, 6.07) is 3.73. The fourth-order valence-electron chi connectivity index (χ4n) is 1.02. The van der Waals surface area contributed by atoms with Gasteiger partial charge in [-0.3, -0.25) is 10.4 Å². The van der Waals surface area contributed by atoms with Crippen molar-refractivity contribution >= 4 is 6.09 Å². The highest BCUT2D eigenvalue weighted by atomic mass is 16.6. The van der Waals surface area contributed by atoms with E-state index >= 15 is 0 Å². The lowest BCUT2D eigenvalue weighted by Crippen LogP contribution is -2.40. The van der Waals surface area contributed by atoms with E-state index in [2.05, 4.69) is 15.8 Å². The van der Waals surface area contributed by atoms with Crippen LogP contribution in [0.1, 0.15) is 26.3 Å². The highest BCUT2D eigenvalue weighted by molar-refractivity contribution is 5.66. The van der Waals surface area contributed by atoms with Crippen molar-refractivity contribution in [2.24, 2.45) is 0 Å². The smallest absolute Gasteiger partial charge is 0.422 e. The average Bonchev–Trinajstić information content (AvgIpc) is 2.16. The van der Waals surface area contributed by atoms with E-state index < -0.39 is 11.7 Å². The Labute approximate surface area is 95.2 Å². The summed E-state index contributed by atoms with van der Waals surface area (Å²) in [5.41, 5.74) is 5.78. The quantitative estimate of drug-likeness (QED) is 0.764. The molecule has 1 amide bonds. The third-order valence-corrected chi connectivity index (χ3v) is 1.63. The molecule has 2 N–H and O–H groups in total. The minimum Gasteiger partial charge on any atom is -0.443 e. The van der Waals surface area contributed by atoms with Gasteiger partial charge in [-0.25, -0.2) is 10.2 Å². The summed E-state index contributed by atoms with van der Waals surface area (Å²) in [6.07, 6.45) is 2.91. The summed E-state index contributed by atoms with van der Waals surface area (Å²) in [5, 5.41) is 0. The highest BCUT2D eigenvalue weighted by Crippen LogP contribution is 2.05. The molecule has 0 fully saturated rings. The first-order valence-corrected chi connectivity index (χ1v) is 5.08. The number of amides is 1. The number of pyridine rings is 1. The van der Waals surface area contributed by atoms with Crippen molar-refractivity contribution in [3.8, 4) is 0 Å². The molecule has 0 saturated carbocycles. The van der Waals surface area contributed by atoms with Gasteiger partial charge >= 0.3 is 6.09 Å². The van der Waals surface area contributed by atoms with Crippen LogP contribution in [0.2, 0.25) is 0 Å². The lowest BCUT2D eigenvalue weighted by molar-refractivity contribution is 0.0497. The number of carbonyl (C=O) groups is 1. The fraction of sp³-hybridized carbons (Fsp3) is 0.455. The molecule has 0 bridgehead atoms. The first-order valence-electron chi connectivity index (χ1n) is 5.08. The molecular weight excluding hydrogens is 206 g/mol. The molecule has 0 spiro atoms. The SMILES string of the molecule is CC(C)(C)OC(=O)NNCc1ccncc1. The summed E-state index contributed by atoms with van der Waals surface area (Å²) in [5.74, 6) is 0. The van der Waals surface area contributed by atoms with Gasteiger partial charge in [-0.2, -0.15) is 0 Å². The van der Waals surface area contributed by atoms with Crippen LogP contribution >= 0.6 is 0 Å². The summed E-state index contributed by atoms with van der Waals surface area (Å²) in [4.78, 5) is 15.1. The normalized spacial score (nSPS) is 10.9. The largest absolute Gasteiger partial charge is 0.443 e. The highest BCUT2D eigenvalue weighted by Gasteiger charge is 2.15. The van der Waals surface area contributed by atoms with Gasteiger partial charge < -0.3 is 4.74 Å². The van der Waals surface area contributed by atoms with E-state index in [1.165, 1.54) is 0 Å². The van der Waals surface area contributed by atoms with Gasteiger partial charge in [0.05, 0.1) is 0 Å². The minimum atomic E-state index is -0.485. The van der Waals surface area contributed by atoms with E-state index in [0.29, 0.717) is 6.54 Å². The fourth-order valence-corrected chi connectivity index (χ4v) is 1.02. The van der Waals surface area contributed by atoms with Gasteiger partial charge in [0.2, 0.25) is 0 Å². The van der Waals surface area contributed by atoms with Crippen LogP contribution in [0.4, 0.5) is 4.79 Å². The average molecular weight is 223 g/mol. The second kappa shape index (κ2) is 5.46. The van der Waals surface area contributed by atoms with Crippen molar-refractivity contribution in [1.29, 1.82) is 0 Å². The zero-order valence-electron chi connectivity index (χ0n) is 9.78. The molecule has 0 aromatic carbocycles. The molecule has 0 aliphatic heterocycles. The number of ether oxygens (including phenoxy) is 1. The predicted octanol–water partition coefficient (Wildman–Crippen LogP) is 1.61. The lowest BCUT2D eigenvalue weighted by atomic mass is 10.2. The molecule has 1 heterocycles. The van der Waals surface area contributed by atoms with Crippen LogP contribution in [0.25, 0.3) is 0 Å². The van der Waals surface area contributed by atoms with E-state index in [-0.39, 0.29) is 0 Å². The molecule has 88 valence electrons. The Hall–Kier alpha value is -1.62. The Morgan fingerprint density at radius 3 is 2.56 bits per heavy atom. The third kappa shape index (κ3) is 5.31. The standard InChI is InChI=1S/C11H17N3O2/c1-11(2,3)16-10(15)14-13-8-9-4-6-12-7-5-9/h4-7,13H,8H2,1-3H3,(H,14,15). The van der Waals surface area contributed by atoms with Gasteiger partial charge in [0.25, 0.3) is 0 Å². The maximum absolute atomic E-state index is 11.2. The molecular formula is C11H17N3O2. The van der Waals surface area contributed by atoms with E-state index in [0.717, 1.165) is 5.56 Å². The summed E-state index contributed by atoms with van der Waals surface area (Å²) >= 11 is 0. The predicted molar refractivity (Wildman–Crippen MR) is 60.4 cm³/mol. The number of nitrogens with one attached hydrogen (secondary N) is 2. The molecule has 0 atom stereocenters. The number of aromatic nitrogens is 1. The van der Waals surface area contributed by atoms with Crippen molar-refractivity contribution in [2.45, 2.75) is 32.9 Å². The minimum absolute atomic E-state index is 0.484. The van der Waals surface area contributed by atoms with Gasteiger partial charge in [0, 0.05) is 18.9 Å². The van der Waals surface area contributed by atoms with Gasteiger partial charge in [-0.05, 0) is 38.5 Å². The number of carbonyl (C=O) groups excluding carboxylic acids is 1. The Bertz CT molecular complexity index is 333. The first kappa shape index (κ1) is 12.4. The van der Waals surface area contributed by atoms with Crippen molar-refractivity contribution in [3.63, 3.8) is 0 Å². The van der Waals surface area contributed by atoms with Crippen LogP contribution in [0, 0.1) is 0 Å². The van der Waals surface area contributed by atoms with E-state index in [4.69, 9.17) is 4.74 Å². The summed E-state index contributed by atoms with van der Waals surface area (Å²) in [6.45, 7) is 5.97. The maximum Gasteiger partial charge on any atom is 0.422 e. The van der Waals surface area contributed by atoms with Crippen LogP contribution in [-0.2, 0) is 11.3 Å². The Morgan fingerprint density at radius 1 is 1.38 bits per heavy atom. The van der Waals surface area contributed by atoms with Crippen LogP contribution in [0.3, 0.4) is 0 Å². The number of hydrogen-bond acceptors (Lipinski definition) is 4. The van der Waals surface area contributed by atoms with Gasteiger partial charge in [-0.1, -0.05) is 0 Å². The van der Waals surface area contributed by atoms with Crippen molar-refractivity contribution in [1.82, 2.24) is 15.8 Å². The van der Waals surface area contributed by atoms with Crippen molar-refractivity contribution < 1.29 is 9.53 Å². The second-order valence-electron chi connectivity index (χ2n) is 4.34. The lowest BCUT2D eigenvalue weighted by Gasteiger charge is -2.19. The number of hydrogen-bond donors (Lipinski definition) is 2. The molecule has 0 radical (unpaired) electrons. The number of hydrazine groups is 1. The second-order valence-corrected chi connectivity index (χ2v) is 4.34. The van der Waals surface area contributed by atoms with Crippen LogP contribution in [0.15, 0.2) is 24.5 Å². The summed E-state index contributed by atoms with van der Waals surface area (Å²) < 4.78 is 5.05. The van der Waals surface area contributed by atoms with Crippen molar-refractivity contribution in [2.75, 3.05) is 0 Å². The molecule has 0 aliphatic rings. The molecule has 5 nitrogen and oxygen atoms in total. The number of rotatable bonds is 3. The number of nitrogens with zero attached hydrogens (tertiary/aromatic N) is 1. The maximum atomic E-state index is 11.2. The van der Waals surface area contributed by atoms with E-state index in [9.17, 15) is 4.79 Å². The van der Waals surface area contributed by atoms with Crippen molar-refractivity contribution in [3.05, 3.63) is 30.1 Å². The third-order valence-electron chi connectivity index (χ3n) is 1.63. The summed E-state index contributed by atoms with van der Waals surface area (Å²) in [7, 11) is 0. The molecule has 1 aromatic heterocycles.